The number of hydrazine groups is 1. The standard InChI is InChI=1S/C13H26N2/c1-2-3-4-5-9-12(15-14)13-10-7-6-8-11(10)13/h10-13,15H,2-9,14H2,1H3. The molecule has 0 saturated heterocycles. The van der Waals surface area contributed by atoms with Crippen LogP contribution < -0.4 is 11.3 Å². The van der Waals surface area contributed by atoms with Crippen LogP contribution >= 0.6 is 0 Å². The van der Waals surface area contributed by atoms with Crippen molar-refractivity contribution in [3.05, 3.63) is 0 Å². The number of hydrogen-bond donors (Lipinski definition) is 2. The van der Waals surface area contributed by atoms with Gasteiger partial charge in [0.2, 0.25) is 0 Å². The van der Waals surface area contributed by atoms with Crippen LogP contribution in [0, 0.1) is 17.8 Å². The first-order valence-corrected chi connectivity index (χ1v) is 6.84. The normalized spacial score (nSPS) is 35.2. The molecule has 3 atom stereocenters. The van der Waals surface area contributed by atoms with Crippen molar-refractivity contribution in [2.45, 2.75) is 64.3 Å². The smallest absolute Gasteiger partial charge is 0.0244 e. The Morgan fingerprint density at radius 2 is 1.93 bits per heavy atom. The van der Waals surface area contributed by atoms with Crippen molar-refractivity contribution in [2.24, 2.45) is 23.6 Å². The van der Waals surface area contributed by atoms with Gasteiger partial charge in [0, 0.05) is 6.04 Å². The maximum Gasteiger partial charge on any atom is 0.0244 e. The molecule has 0 bridgehead atoms. The molecule has 0 aromatic rings. The molecule has 2 heteroatoms. The molecule has 3 unspecified atom stereocenters. The van der Waals surface area contributed by atoms with E-state index in [9.17, 15) is 0 Å². The Labute approximate surface area is 94.0 Å². The Hall–Kier alpha value is -0.0800. The van der Waals surface area contributed by atoms with Crippen molar-refractivity contribution in [1.82, 2.24) is 5.43 Å². The minimum Gasteiger partial charge on any atom is -0.271 e. The Morgan fingerprint density at radius 1 is 1.20 bits per heavy atom. The van der Waals surface area contributed by atoms with E-state index in [2.05, 4.69) is 12.3 Å². The van der Waals surface area contributed by atoms with E-state index < -0.39 is 0 Å². The van der Waals surface area contributed by atoms with Gasteiger partial charge < -0.3 is 0 Å². The number of nitrogens with one attached hydrogen (secondary N) is 1. The molecule has 2 saturated carbocycles. The van der Waals surface area contributed by atoms with Gasteiger partial charge in [-0.25, -0.2) is 0 Å². The number of rotatable bonds is 7. The van der Waals surface area contributed by atoms with Crippen molar-refractivity contribution in [3.63, 3.8) is 0 Å². The molecule has 2 aliphatic carbocycles. The summed E-state index contributed by atoms with van der Waals surface area (Å²) >= 11 is 0. The van der Waals surface area contributed by atoms with Crippen LogP contribution in [0.4, 0.5) is 0 Å². The highest BCUT2D eigenvalue weighted by atomic mass is 15.2. The number of unbranched alkanes of at least 4 members (excludes halogenated alkanes) is 3. The van der Waals surface area contributed by atoms with Crippen LogP contribution in [0.1, 0.15) is 58.3 Å². The molecule has 0 aromatic heterocycles. The van der Waals surface area contributed by atoms with E-state index in [1.54, 1.807) is 0 Å². The average molecular weight is 210 g/mol. The van der Waals surface area contributed by atoms with Crippen molar-refractivity contribution < 1.29 is 0 Å². The number of nitrogens with two attached hydrogens (primary N) is 1. The summed E-state index contributed by atoms with van der Waals surface area (Å²) in [5.41, 5.74) is 3.07. The molecule has 0 aromatic carbocycles. The summed E-state index contributed by atoms with van der Waals surface area (Å²) in [6, 6.07) is 0.622. The summed E-state index contributed by atoms with van der Waals surface area (Å²) < 4.78 is 0. The SMILES string of the molecule is CCCCCCC(NN)C1C2CCCC21. The van der Waals surface area contributed by atoms with Gasteiger partial charge >= 0.3 is 0 Å². The summed E-state index contributed by atoms with van der Waals surface area (Å²) in [5.74, 6) is 8.70. The van der Waals surface area contributed by atoms with Crippen LogP contribution in [-0.4, -0.2) is 6.04 Å². The van der Waals surface area contributed by atoms with E-state index in [0.29, 0.717) is 6.04 Å². The zero-order valence-electron chi connectivity index (χ0n) is 10.0. The molecule has 0 aliphatic heterocycles. The quantitative estimate of drug-likeness (QED) is 0.385. The largest absolute Gasteiger partial charge is 0.271 e. The van der Waals surface area contributed by atoms with Crippen LogP contribution in [0.25, 0.3) is 0 Å². The third-order valence-corrected chi connectivity index (χ3v) is 4.52. The molecule has 2 nitrogen and oxygen atoms in total. The van der Waals surface area contributed by atoms with E-state index in [1.807, 2.05) is 0 Å². The van der Waals surface area contributed by atoms with Crippen molar-refractivity contribution in [2.75, 3.05) is 0 Å². The molecule has 3 N–H and O–H groups in total. The second-order valence-corrected chi connectivity index (χ2v) is 5.46. The molecular formula is C13H26N2. The molecule has 0 heterocycles. The van der Waals surface area contributed by atoms with Gasteiger partial charge in [-0.3, -0.25) is 11.3 Å². The van der Waals surface area contributed by atoms with Gasteiger partial charge in [0.05, 0.1) is 0 Å². The molecule has 88 valence electrons. The lowest BCUT2D eigenvalue weighted by molar-refractivity contribution is 0.378. The summed E-state index contributed by atoms with van der Waals surface area (Å²) in [6.07, 6.45) is 11.2. The monoisotopic (exact) mass is 210 g/mol. The Morgan fingerprint density at radius 3 is 2.53 bits per heavy atom. The zero-order chi connectivity index (χ0) is 10.7. The fraction of sp³-hybridized carbons (Fsp3) is 1.00. The van der Waals surface area contributed by atoms with Gasteiger partial charge in [0.25, 0.3) is 0 Å². The van der Waals surface area contributed by atoms with Gasteiger partial charge in [0.1, 0.15) is 0 Å². The first-order valence-electron chi connectivity index (χ1n) is 6.84. The fourth-order valence-electron chi connectivity index (χ4n) is 3.65. The minimum absolute atomic E-state index is 0.622. The lowest BCUT2D eigenvalue weighted by Crippen LogP contribution is -2.38. The molecule has 0 radical (unpaired) electrons. The van der Waals surface area contributed by atoms with Crippen LogP contribution in [0.3, 0.4) is 0 Å². The molecule has 15 heavy (non-hydrogen) atoms. The predicted molar refractivity (Wildman–Crippen MR) is 64.2 cm³/mol. The first kappa shape index (κ1) is 11.4. The molecular weight excluding hydrogens is 184 g/mol. The average Bonchev–Trinajstić information content (AvgIpc) is 2.74. The van der Waals surface area contributed by atoms with Gasteiger partial charge in [-0.15, -0.1) is 0 Å². The Kier molecular flexibility index (Phi) is 4.04. The van der Waals surface area contributed by atoms with Crippen LogP contribution in [0.15, 0.2) is 0 Å². The Bertz CT molecular complexity index is 183. The van der Waals surface area contributed by atoms with Crippen LogP contribution in [-0.2, 0) is 0 Å². The van der Waals surface area contributed by atoms with Crippen molar-refractivity contribution in [3.8, 4) is 0 Å². The predicted octanol–water partition coefficient (Wildman–Crippen LogP) is 2.83. The van der Waals surface area contributed by atoms with Gasteiger partial charge in [-0.2, -0.15) is 0 Å². The van der Waals surface area contributed by atoms with Crippen molar-refractivity contribution in [1.29, 1.82) is 0 Å². The second-order valence-electron chi connectivity index (χ2n) is 5.46. The van der Waals surface area contributed by atoms with Gasteiger partial charge in [-0.05, 0) is 37.0 Å². The zero-order valence-corrected chi connectivity index (χ0v) is 10.0. The van der Waals surface area contributed by atoms with Gasteiger partial charge in [0.15, 0.2) is 0 Å². The maximum atomic E-state index is 5.68. The molecule has 2 rings (SSSR count). The highest BCUT2D eigenvalue weighted by Gasteiger charge is 2.55. The third kappa shape index (κ3) is 2.54. The van der Waals surface area contributed by atoms with E-state index in [0.717, 1.165) is 17.8 Å². The Balaban J connectivity index is 1.65. The summed E-state index contributed by atoms with van der Waals surface area (Å²) in [6.45, 7) is 2.27. The maximum absolute atomic E-state index is 5.68. The van der Waals surface area contributed by atoms with E-state index >= 15 is 0 Å². The van der Waals surface area contributed by atoms with Crippen LogP contribution in [0.2, 0.25) is 0 Å². The highest BCUT2D eigenvalue weighted by molar-refractivity contribution is 5.05. The van der Waals surface area contributed by atoms with E-state index in [4.69, 9.17) is 5.84 Å². The third-order valence-electron chi connectivity index (χ3n) is 4.52. The minimum atomic E-state index is 0.622. The van der Waals surface area contributed by atoms with Crippen LogP contribution in [0.5, 0.6) is 0 Å². The summed E-state index contributed by atoms with van der Waals surface area (Å²) in [4.78, 5) is 0. The summed E-state index contributed by atoms with van der Waals surface area (Å²) in [7, 11) is 0. The lowest BCUT2D eigenvalue weighted by atomic mass is 9.99. The second kappa shape index (κ2) is 5.31. The number of fused-ring (bicyclic) bond motifs is 1. The molecule has 0 spiro atoms. The highest BCUT2D eigenvalue weighted by Crippen LogP contribution is 2.59. The number of hydrogen-bond acceptors (Lipinski definition) is 2. The van der Waals surface area contributed by atoms with E-state index in [-0.39, 0.29) is 0 Å². The molecule has 2 fully saturated rings. The molecule has 2 aliphatic rings. The summed E-state index contributed by atoms with van der Waals surface area (Å²) in [5, 5.41) is 0. The van der Waals surface area contributed by atoms with Crippen molar-refractivity contribution >= 4 is 0 Å². The first-order chi connectivity index (χ1) is 7.38. The fourth-order valence-corrected chi connectivity index (χ4v) is 3.65. The molecule has 0 amide bonds. The van der Waals surface area contributed by atoms with Gasteiger partial charge in [-0.1, -0.05) is 39.0 Å². The topological polar surface area (TPSA) is 38.0 Å². The van der Waals surface area contributed by atoms with E-state index in [1.165, 1.54) is 51.4 Å². The lowest BCUT2D eigenvalue weighted by Gasteiger charge is -2.17.